The summed E-state index contributed by atoms with van der Waals surface area (Å²) in [7, 11) is 0. The van der Waals surface area contributed by atoms with Crippen molar-refractivity contribution in [3.05, 3.63) is 27.1 Å². The zero-order valence-electron chi connectivity index (χ0n) is 13.1. The molecule has 0 saturated heterocycles. The van der Waals surface area contributed by atoms with E-state index in [0.29, 0.717) is 11.3 Å². The third kappa shape index (κ3) is 3.82. The van der Waals surface area contributed by atoms with Crippen LogP contribution in [0.3, 0.4) is 0 Å². The van der Waals surface area contributed by atoms with Gasteiger partial charge in [-0.25, -0.2) is 4.79 Å². The first-order valence-corrected chi connectivity index (χ1v) is 8.01. The number of ketones is 1. The number of nitrogens with zero attached hydrogens (tertiary/aromatic N) is 2. The molecule has 0 bridgehead atoms. The molecule has 0 unspecified atom stereocenters. The van der Waals surface area contributed by atoms with E-state index in [1.54, 1.807) is 6.92 Å². The van der Waals surface area contributed by atoms with Gasteiger partial charge in [0.2, 0.25) is 0 Å². The van der Waals surface area contributed by atoms with Crippen LogP contribution in [0.5, 0.6) is 0 Å². The summed E-state index contributed by atoms with van der Waals surface area (Å²) in [5, 5.41) is 14.1. The summed E-state index contributed by atoms with van der Waals surface area (Å²) >= 11 is 0.948. The maximum atomic E-state index is 11.8. The van der Waals surface area contributed by atoms with Crippen LogP contribution in [0.25, 0.3) is 0 Å². The molecule has 7 nitrogen and oxygen atoms in total. The minimum absolute atomic E-state index is 0.00395. The van der Waals surface area contributed by atoms with Gasteiger partial charge in [-0.05, 0) is 30.7 Å². The summed E-state index contributed by atoms with van der Waals surface area (Å²) in [6.07, 6.45) is 2.18. The molecule has 1 heterocycles. The lowest BCUT2D eigenvalue weighted by Gasteiger charge is -2.50. The molecule has 0 spiro atoms. The number of hydrogen-bond acceptors (Lipinski definition) is 7. The first kappa shape index (κ1) is 17.3. The lowest BCUT2D eigenvalue weighted by atomic mass is 9.53. The molecule has 0 N–H and O–H groups in total. The summed E-state index contributed by atoms with van der Waals surface area (Å²) < 4.78 is 0. The second-order valence-corrected chi connectivity index (χ2v) is 7.35. The van der Waals surface area contributed by atoms with Crippen molar-refractivity contribution in [3.8, 4) is 0 Å². The quantitative estimate of drug-likeness (QED) is 0.343. The van der Waals surface area contributed by atoms with E-state index in [4.69, 9.17) is 4.84 Å². The molecule has 1 aliphatic rings. The van der Waals surface area contributed by atoms with E-state index in [1.165, 1.54) is 18.3 Å². The summed E-state index contributed by atoms with van der Waals surface area (Å²) in [5.74, 6) is -0.221. The number of nitro groups is 1. The van der Waals surface area contributed by atoms with Crippen molar-refractivity contribution in [1.82, 2.24) is 0 Å². The number of thiophene rings is 1. The standard InChI is InChI=1S/C15H18N2O5S/c1-9(18)12-6-10(15(12,2)3)7-14(19)22-16-8-11-4-5-13(23-11)17(20)21/h4-5,8,10,12H,6-7H2,1-3H3/t10-,12+/m0/s1. The summed E-state index contributed by atoms with van der Waals surface area (Å²) in [5.41, 5.74) is -0.205. The van der Waals surface area contributed by atoms with E-state index in [9.17, 15) is 19.7 Å². The number of Topliss-reactive ketones (excluding diaryl/α,β-unsaturated/α-hetero) is 1. The number of oxime groups is 1. The Morgan fingerprint density at radius 1 is 1.52 bits per heavy atom. The minimum Gasteiger partial charge on any atom is -0.318 e. The van der Waals surface area contributed by atoms with Crippen LogP contribution in [0, 0.1) is 27.4 Å². The molecular weight excluding hydrogens is 320 g/mol. The van der Waals surface area contributed by atoms with Crippen LogP contribution in [-0.2, 0) is 14.4 Å². The van der Waals surface area contributed by atoms with E-state index in [2.05, 4.69) is 5.16 Å². The van der Waals surface area contributed by atoms with Crippen molar-refractivity contribution in [2.75, 3.05) is 0 Å². The predicted octanol–water partition coefficient (Wildman–Crippen LogP) is 3.17. The highest BCUT2D eigenvalue weighted by molar-refractivity contribution is 7.16. The Kier molecular flexibility index (Phi) is 4.93. The van der Waals surface area contributed by atoms with Gasteiger partial charge in [-0.15, -0.1) is 0 Å². The summed E-state index contributed by atoms with van der Waals surface area (Å²) in [6, 6.07) is 2.90. The minimum atomic E-state index is -0.488. The lowest BCUT2D eigenvalue weighted by molar-refractivity contribution is -0.380. The van der Waals surface area contributed by atoms with Crippen molar-refractivity contribution in [3.63, 3.8) is 0 Å². The van der Waals surface area contributed by atoms with Crippen LogP contribution in [0.15, 0.2) is 17.3 Å². The zero-order chi connectivity index (χ0) is 17.2. The van der Waals surface area contributed by atoms with Gasteiger partial charge >= 0.3 is 11.0 Å². The van der Waals surface area contributed by atoms with Crippen LogP contribution in [0.2, 0.25) is 0 Å². The van der Waals surface area contributed by atoms with Gasteiger partial charge in [-0.2, -0.15) is 0 Å². The highest BCUT2D eigenvalue weighted by Crippen LogP contribution is 2.53. The van der Waals surface area contributed by atoms with Crippen molar-refractivity contribution >= 4 is 34.3 Å². The van der Waals surface area contributed by atoms with Crippen molar-refractivity contribution in [2.45, 2.75) is 33.6 Å². The van der Waals surface area contributed by atoms with E-state index in [-0.39, 0.29) is 34.5 Å². The first-order valence-electron chi connectivity index (χ1n) is 7.19. The smallest absolute Gasteiger partial charge is 0.318 e. The zero-order valence-corrected chi connectivity index (χ0v) is 14.0. The SMILES string of the molecule is CC(=O)[C@H]1C[C@@H](CC(=O)ON=Cc2ccc([N+](=O)[O-])s2)C1(C)C. The first-order chi connectivity index (χ1) is 10.7. The van der Waals surface area contributed by atoms with Gasteiger partial charge in [0, 0.05) is 12.0 Å². The Bertz CT molecular complexity index is 665. The molecule has 124 valence electrons. The largest absolute Gasteiger partial charge is 0.335 e. The highest BCUT2D eigenvalue weighted by atomic mass is 32.1. The molecule has 2 rings (SSSR count). The third-order valence-corrected chi connectivity index (χ3v) is 5.47. The van der Waals surface area contributed by atoms with Gasteiger partial charge in [0.1, 0.15) is 5.78 Å². The fourth-order valence-corrected chi connectivity index (χ4v) is 3.62. The van der Waals surface area contributed by atoms with Crippen LogP contribution in [0.1, 0.15) is 38.5 Å². The molecule has 1 aliphatic carbocycles. The van der Waals surface area contributed by atoms with E-state index >= 15 is 0 Å². The van der Waals surface area contributed by atoms with Crippen molar-refractivity contribution in [2.24, 2.45) is 22.4 Å². The molecule has 0 aromatic carbocycles. The van der Waals surface area contributed by atoms with Crippen LogP contribution in [0.4, 0.5) is 5.00 Å². The van der Waals surface area contributed by atoms with Gasteiger partial charge < -0.3 is 4.84 Å². The highest BCUT2D eigenvalue weighted by Gasteiger charge is 2.50. The Balaban J connectivity index is 1.83. The Labute approximate surface area is 137 Å². The van der Waals surface area contributed by atoms with Crippen LogP contribution >= 0.6 is 11.3 Å². The molecular formula is C15H18N2O5S. The molecule has 23 heavy (non-hydrogen) atoms. The normalized spacial score (nSPS) is 22.6. The Hall–Kier alpha value is -2.09. The number of carbonyl (C=O) groups excluding carboxylic acids is 2. The second-order valence-electron chi connectivity index (χ2n) is 6.25. The average Bonchev–Trinajstić information content (AvgIpc) is 2.91. The van der Waals surface area contributed by atoms with Crippen molar-refractivity contribution in [1.29, 1.82) is 0 Å². The van der Waals surface area contributed by atoms with Gasteiger partial charge in [-0.3, -0.25) is 14.9 Å². The fourth-order valence-electron chi connectivity index (χ4n) is 2.94. The molecule has 1 aromatic heterocycles. The number of carbonyl (C=O) groups is 2. The summed E-state index contributed by atoms with van der Waals surface area (Å²) in [4.78, 5) is 38.6. The molecule has 2 atom stereocenters. The number of hydrogen-bond donors (Lipinski definition) is 0. The summed E-state index contributed by atoms with van der Waals surface area (Å²) in [6.45, 7) is 5.54. The monoisotopic (exact) mass is 338 g/mol. The Morgan fingerprint density at radius 2 is 2.22 bits per heavy atom. The molecule has 1 fully saturated rings. The Morgan fingerprint density at radius 3 is 2.74 bits per heavy atom. The second kappa shape index (κ2) is 6.57. The molecule has 0 aliphatic heterocycles. The average molecular weight is 338 g/mol. The van der Waals surface area contributed by atoms with Crippen LogP contribution in [-0.4, -0.2) is 22.9 Å². The van der Waals surface area contributed by atoms with E-state index in [1.807, 2.05) is 13.8 Å². The van der Waals surface area contributed by atoms with Gasteiger partial charge in [0.05, 0.1) is 22.4 Å². The predicted molar refractivity (Wildman–Crippen MR) is 85.3 cm³/mol. The topological polar surface area (TPSA) is 98.9 Å². The van der Waals surface area contributed by atoms with Crippen molar-refractivity contribution < 1.29 is 19.3 Å². The maximum Gasteiger partial charge on any atom is 0.335 e. The third-order valence-electron chi connectivity index (χ3n) is 4.50. The maximum absolute atomic E-state index is 11.8. The van der Waals surface area contributed by atoms with E-state index in [0.717, 1.165) is 11.3 Å². The molecule has 1 saturated carbocycles. The van der Waals surface area contributed by atoms with Gasteiger partial charge in [0.15, 0.2) is 0 Å². The van der Waals surface area contributed by atoms with Gasteiger partial charge in [0.25, 0.3) is 0 Å². The molecule has 0 radical (unpaired) electrons. The number of rotatable bonds is 6. The molecule has 0 amide bonds. The van der Waals surface area contributed by atoms with Gasteiger partial charge in [-0.1, -0.05) is 30.3 Å². The fraction of sp³-hybridized carbons (Fsp3) is 0.533. The lowest BCUT2D eigenvalue weighted by Crippen LogP contribution is -2.48. The van der Waals surface area contributed by atoms with Crippen LogP contribution < -0.4 is 0 Å². The molecule has 1 aromatic rings. The van der Waals surface area contributed by atoms with E-state index < -0.39 is 10.9 Å². The molecule has 8 heteroatoms.